The topological polar surface area (TPSA) is 83.4 Å². The normalized spacial score (nSPS) is 14.2. The summed E-state index contributed by atoms with van der Waals surface area (Å²) in [6, 6.07) is 19.3. The number of carbonyl (C=O) groups is 1. The number of fused-ring (bicyclic) bond motifs is 1. The highest BCUT2D eigenvalue weighted by Gasteiger charge is 2.19. The van der Waals surface area contributed by atoms with Crippen LogP contribution < -0.4 is 15.8 Å². The van der Waals surface area contributed by atoms with Crippen molar-refractivity contribution < 1.29 is 4.79 Å². The minimum absolute atomic E-state index is 0.126. The number of piperazine rings is 1. The Bertz CT molecular complexity index is 1380. The van der Waals surface area contributed by atoms with Crippen molar-refractivity contribution in [3.63, 3.8) is 0 Å². The van der Waals surface area contributed by atoms with E-state index >= 15 is 0 Å². The van der Waals surface area contributed by atoms with Crippen molar-refractivity contribution in [1.29, 1.82) is 0 Å². The molecule has 1 amide bonds. The lowest BCUT2D eigenvalue weighted by Gasteiger charge is -2.37. The van der Waals surface area contributed by atoms with E-state index in [0.29, 0.717) is 10.9 Å². The van der Waals surface area contributed by atoms with Gasteiger partial charge in [-0.05, 0) is 48.4 Å². The minimum atomic E-state index is -0.129. The average Bonchev–Trinajstić information content (AvgIpc) is 2.93. The predicted octanol–water partition coefficient (Wildman–Crippen LogP) is 3.19. The zero-order chi connectivity index (χ0) is 24.7. The summed E-state index contributed by atoms with van der Waals surface area (Å²) in [5.74, 6) is -0.126. The van der Waals surface area contributed by atoms with Crippen LogP contribution in [0.1, 0.15) is 12.0 Å². The van der Waals surface area contributed by atoms with E-state index in [1.807, 2.05) is 48.8 Å². The van der Waals surface area contributed by atoms with Gasteiger partial charge in [-0.1, -0.05) is 24.3 Å². The molecule has 36 heavy (non-hydrogen) atoms. The lowest BCUT2D eigenvalue weighted by atomic mass is 10.1. The number of rotatable bonds is 8. The molecule has 0 radical (unpaired) electrons. The van der Waals surface area contributed by atoms with Crippen molar-refractivity contribution in [1.82, 2.24) is 19.4 Å². The zero-order valence-electron chi connectivity index (χ0n) is 20.2. The Morgan fingerprint density at radius 1 is 0.889 bits per heavy atom. The Hall–Kier alpha value is -4.04. The second-order valence-corrected chi connectivity index (χ2v) is 9.01. The molecule has 2 aromatic carbocycles. The molecule has 1 aliphatic heterocycles. The number of hydrogen-bond donors (Lipinski definition) is 1. The molecular weight excluding hydrogens is 452 g/mol. The predicted molar refractivity (Wildman–Crippen MR) is 142 cm³/mol. The molecule has 3 heterocycles. The van der Waals surface area contributed by atoms with Gasteiger partial charge in [0.15, 0.2) is 0 Å². The van der Waals surface area contributed by atoms with Crippen LogP contribution in [0, 0.1) is 0 Å². The van der Waals surface area contributed by atoms with Gasteiger partial charge >= 0.3 is 0 Å². The minimum Gasteiger partial charge on any atom is -0.367 e. The molecular formula is C28H30N6O2. The van der Waals surface area contributed by atoms with E-state index in [1.165, 1.54) is 16.5 Å². The third kappa shape index (κ3) is 5.60. The summed E-state index contributed by atoms with van der Waals surface area (Å²) in [6.07, 6.45) is 6.41. The lowest BCUT2D eigenvalue weighted by molar-refractivity contribution is -0.116. The van der Waals surface area contributed by atoms with E-state index in [0.717, 1.165) is 50.5 Å². The second kappa shape index (κ2) is 11.1. The number of carbonyl (C=O) groups excluding carboxylic acids is 1. The maximum absolute atomic E-state index is 12.8. The van der Waals surface area contributed by atoms with Crippen molar-refractivity contribution in [2.24, 2.45) is 0 Å². The molecule has 0 aliphatic carbocycles. The third-order valence-electron chi connectivity index (χ3n) is 6.67. The van der Waals surface area contributed by atoms with Crippen LogP contribution in [0.25, 0.3) is 10.9 Å². The Kier molecular flexibility index (Phi) is 7.33. The molecule has 5 rings (SSSR count). The maximum Gasteiger partial charge on any atom is 0.261 e. The average molecular weight is 483 g/mol. The number of amides is 1. The summed E-state index contributed by atoms with van der Waals surface area (Å²) in [4.78, 5) is 38.7. The fourth-order valence-electron chi connectivity index (χ4n) is 4.60. The number of pyridine rings is 1. The standard InChI is InChI=1S/C28H30N6O2/c35-27(12-16-34-21-30-24-6-2-1-5-23(24)28(34)36)31-25-7-3-4-8-26(25)33-19-17-32(18-20-33)15-11-22-9-13-29-14-10-22/h1-10,13-14,21H,11-12,15-20H2,(H,31,35). The van der Waals surface area contributed by atoms with Crippen LogP contribution in [0.15, 0.2) is 84.2 Å². The van der Waals surface area contributed by atoms with Crippen molar-refractivity contribution in [3.8, 4) is 0 Å². The Balaban J connectivity index is 1.16. The van der Waals surface area contributed by atoms with E-state index in [9.17, 15) is 9.59 Å². The molecule has 4 aromatic rings. The summed E-state index contributed by atoms with van der Waals surface area (Å²) in [6.45, 7) is 5.07. The molecule has 8 heteroatoms. The molecule has 8 nitrogen and oxygen atoms in total. The number of nitrogens with zero attached hydrogens (tertiary/aromatic N) is 5. The summed E-state index contributed by atoms with van der Waals surface area (Å²) < 4.78 is 1.50. The Morgan fingerprint density at radius 2 is 1.64 bits per heavy atom. The molecule has 0 atom stereocenters. The van der Waals surface area contributed by atoms with E-state index in [2.05, 4.69) is 43.3 Å². The number of para-hydroxylation sites is 3. The number of anilines is 2. The van der Waals surface area contributed by atoms with Crippen LogP contribution in [0.3, 0.4) is 0 Å². The highest BCUT2D eigenvalue weighted by atomic mass is 16.2. The summed E-state index contributed by atoms with van der Waals surface area (Å²) in [5.41, 5.74) is 3.67. The molecule has 1 saturated heterocycles. The number of benzene rings is 2. The van der Waals surface area contributed by atoms with Gasteiger partial charge in [0.05, 0.1) is 28.6 Å². The SMILES string of the molecule is O=C(CCn1cnc2ccccc2c1=O)Nc1ccccc1N1CCN(CCc2ccncc2)CC1. The van der Waals surface area contributed by atoms with Crippen LogP contribution in [0.4, 0.5) is 11.4 Å². The lowest BCUT2D eigenvalue weighted by Crippen LogP contribution is -2.47. The van der Waals surface area contributed by atoms with Gasteiger partial charge in [-0.15, -0.1) is 0 Å². The van der Waals surface area contributed by atoms with Crippen molar-refractivity contribution >= 4 is 28.2 Å². The van der Waals surface area contributed by atoms with Crippen LogP contribution in [0.2, 0.25) is 0 Å². The molecule has 1 aliphatic rings. The Morgan fingerprint density at radius 3 is 2.47 bits per heavy atom. The van der Waals surface area contributed by atoms with E-state index < -0.39 is 0 Å². The second-order valence-electron chi connectivity index (χ2n) is 9.01. The summed E-state index contributed by atoms with van der Waals surface area (Å²) in [7, 11) is 0. The highest BCUT2D eigenvalue weighted by Crippen LogP contribution is 2.27. The number of aromatic nitrogens is 3. The first-order valence-electron chi connectivity index (χ1n) is 12.4. The van der Waals surface area contributed by atoms with Crippen molar-refractivity contribution in [3.05, 3.63) is 95.3 Å². The van der Waals surface area contributed by atoms with Crippen molar-refractivity contribution in [2.75, 3.05) is 42.9 Å². The quantitative estimate of drug-likeness (QED) is 0.415. The molecule has 1 N–H and O–H groups in total. The molecule has 2 aromatic heterocycles. The molecule has 1 fully saturated rings. The first kappa shape index (κ1) is 23.7. The number of hydrogen-bond acceptors (Lipinski definition) is 6. The van der Waals surface area contributed by atoms with Gasteiger partial charge in [-0.3, -0.25) is 24.0 Å². The smallest absolute Gasteiger partial charge is 0.261 e. The van der Waals surface area contributed by atoms with Gasteiger partial charge in [0.1, 0.15) is 0 Å². The van der Waals surface area contributed by atoms with Gasteiger partial charge in [0, 0.05) is 58.1 Å². The summed E-state index contributed by atoms with van der Waals surface area (Å²) >= 11 is 0. The number of aryl methyl sites for hydroxylation is 1. The van der Waals surface area contributed by atoms with Gasteiger partial charge in [-0.25, -0.2) is 4.98 Å². The summed E-state index contributed by atoms with van der Waals surface area (Å²) in [5, 5.41) is 3.62. The molecule has 0 spiro atoms. The monoisotopic (exact) mass is 482 g/mol. The Labute approximate surface area is 210 Å². The van der Waals surface area contributed by atoms with Gasteiger partial charge in [0.2, 0.25) is 5.91 Å². The largest absolute Gasteiger partial charge is 0.367 e. The zero-order valence-corrected chi connectivity index (χ0v) is 20.2. The molecule has 0 unspecified atom stereocenters. The van der Waals surface area contributed by atoms with E-state index in [1.54, 1.807) is 6.07 Å². The first-order valence-corrected chi connectivity index (χ1v) is 12.4. The first-order chi connectivity index (χ1) is 17.7. The van der Waals surface area contributed by atoms with Crippen LogP contribution >= 0.6 is 0 Å². The van der Waals surface area contributed by atoms with Crippen molar-refractivity contribution in [2.45, 2.75) is 19.4 Å². The van der Waals surface area contributed by atoms with Gasteiger partial charge in [-0.2, -0.15) is 0 Å². The highest BCUT2D eigenvalue weighted by molar-refractivity contribution is 5.94. The van der Waals surface area contributed by atoms with Gasteiger partial charge in [0.25, 0.3) is 5.56 Å². The third-order valence-corrected chi connectivity index (χ3v) is 6.67. The fraction of sp³-hybridized carbons (Fsp3) is 0.286. The van der Waals surface area contributed by atoms with Gasteiger partial charge < -0.3 is 10.2 Å². The molecule has 0 saturated carbocycles. The van der Waals surface area contributed by atoms with Crippen LogP contribution in [-0.2, 0) is 17.8 Å². The fourth-order valence-corrected chi connectivity index (χ4v) is 4.60. The van der Waals surface area contributed by atoms with Crippen LogP contribution in [-0.4, -0.2) is 58.1 Å². The molecule has 0 bridgehead atoms. The maximum atomic E-state index is 12.8. The van der Waals surface area contributed by atoms with Crippen LogP contribution in [0.5, 0.6) is 0 Å². The van der Waals surface area contributed by atoms with E-state index in [4.69, 9.17) is 0 Å². The van der Waals surface area contributed by atoms with E-state index in [-0.39, 0.29) is 24.4 Å². The molecule has 184 valence electrons. The number of nitrogens with one attached hydrogen (secondary N) is 1.